The zero-order valence-electron chi connectivity index (χ0n) is 12.4. The second kappa shape index (κ2) is 7.23. The predicted octanol–water partition coefficient (Wildman–Crippen LogP) is 0.917. The van der Waals surface area contributed by atoms with Crippen LogP contribution in [0.25, 0.3) is 0 Å². The normalized spacial score (nSPS) is 15.4. The van der Waals surface area contributed by atoms with E-state index < -0.39 is 0 Å². The topological polar surface area (TPSA) is 80.4 Å². The third-order valence-corrected chi connectivity index (χ3v) is 3.37. The summed E-state index contributed by atoms with van der Waals surface area (Å²) in [5.41, 5.74) is 5.84. The molecular weight excluding hydrogens is 256 g/mol. The summed E-state index contributed by atoms with van der Waals surface area (Å²) in [6.07, 6.45) is 2.26. The molecule has 7 heteroatoms. The molecule has 20 heavy (non-hydrogen) atoms. The lowest BCUT2D eigenvalue weighted by molar-refractivity contribution is 0.122. The summed E-state index contributed by atoms with van der Waals surface area (Å²) in [6.45, 7) is 9.08. The third-order valence-electron chi connectivity index (χ3n) is 3.37. The lowest BCUT2D eigenvalue weighted by Gasteiger charge is -2.28. The van der Waals surface area contributed by atoms with Crippen molar-refractivity contribution in [2.24, 2.45) is 0 Å². The highest BCUT2D eigenvalue weighted by molar-refractivity contribution is 5.43. The Morgan fingerprint density at radius 2 is 1.95 bits per heavy atom. The van der Waals surface area contributed by atoms with E-state index in [-0.39, 0.29) is 5.95 Å². The van der Waals surface area contributed by atoms with E-state index in [0.29, 0.717) is 25.1 Å². The molecule has 0 amide bonds. The largest absolute Gasteiger partial charge is 0.378 e. The van der Waals surface area contributed by atoms with Crippen molar-refractivity contribution < 1.29 is 4.74 Å². The molecule has 7 nitrogen and oxygen atoms in total. The van der Waals surface area contributed by atoms with Crippen LogP contribution in [0.3, 0.4) is 0 Å². The Morgan fingerprint density at radius 1 is 1.20 bits per heavy atom. The molecule has 0 atom stereocenters. The Balaban J connectivity index is 2.17. The van der Waals surface area contributed by atoms with Gasteiger partial charge in [0.25, 0.3) is 0 Å². The number of nitrogens with two attached hydrogens (primary N) is 1. The van der Waals surface area contributed by atoms with Gasteiger partial charge in [-0.1, -0.05) is 13.3 Å². The molecule has 0 aromatic carbocycles. The van der Waals surface area contributed by atoms with E-state index in [1.54, 1.807) is 0 Å². The van der Waals surface area contributed by atoms with Crippen LogP contribution >= 0.6 is 0 Å². The van der Waals surface area contributed by atoms with Crippen LogP contribution < -0.4 is 15.5 Å². The van der Waals surface area contributed by atoms with E-state index in [0.717, 1.165) is 39.0 Å². The summed E-state index contributed by atoms with van der Waals surface area (Å²) < 4.78 is 5.35. The highest BCUT2D eigenvalue weighted by Crippen LogP contribution is 2.16. The van der Waals surface area contributed by atoms with Gasteiger partial charge < -0.3 is 20.3 Å². The maximum atomic E-state index is 5.84. The number of hydrogen-bond acceptors (Lipinski definition) is 7. The first-order chi connectivity index (χ1) is 9.74. The quantitative estimate of drug-likeness (QED) is 0.829. The van der Waals surface area contributed by atoms with Gasteiger partial charge in [0.2, 0.25) is 17.8 Å². The van der Waals surface area contributed by atoms with Crippen molar-refractivity contribution in [3.8, 4) is 0 Å². The van der Waals surface area contributed by atoms with Crippen LogP contribution in [0.5, 0.6) is 0 Å². The predicted molar refractivity (Wildman–Crippen MR) is 80.1 cm³/mol. The molecule has 2 N–H and O–H groups in total. The number of hydrogen-bond donors (Lipinski definition) is 1. The number of ether oxygens (including phenoxy) is 1. The number of anilines is 3. The molecule has 1 aromatic rings. The van der Waals surface area contributed by atoms with Crippen molar-refractivity contribution in [3.05, 3.63) is 0 Å². The molecule has 1 fully saturated rings. The number of nitrogen functional groups attached to an aromatic ring is 1. The second-order valence-electron chi connectivity index (χ2n) is 4.83. The van der Waals surface area contributed by atoms with E-state index in [2.05, 4.69) is 38.6 Å². The van der Waals surface area contributed by atoms with E-state index in [9.17, 15) is 0 Å². The highest BCUT2D eigenvalue weighted by atomic mass is 16.5. The molecule has 1 aliphatic rings. The van der Waals surface area contributed by atoms with Crippen molar-refractivity contribution in [2.45, 2.75) is 26.7 Å². The van der Waals surface area contributed by atoms with Crippen LogP contribution in [0.1, 0.15) is 26.7 Å². The summed E-state index contributed by atoms with van der Waals surface area (Å²) in [4.78, 5) is 17.3. The first-order valence-corrected chi connectivity index (χ1v) is 7.33. The molecule has 1 saturated heterocycles. The molecule has 0 aliphatic carbocycles. The molecule has 0 saturated carbocycles. The second-order valence-corrected chi connectivity index (χ2v) is 4.83. The average Bonchev–Trinajstić information content (AvgIpc) is 2.48. The van der Waals surface area contributed by atoms with Gasteiger partial charge in [0.05, 0.1) is 13.2 Å². The number of nitrogens with zero attached hydrogens (tertiary/aromatic N) is 5. The van der Waals surface area contributed by atoms with Gasteiger partial charge in [-0.15, -0.1) is 0 Å². The molecule has 2 rings (SSSR count). The first-order valence-electron chi connectivity index (χ1n) is 7.33. The SMILES string of the molecule is CCCCN(CC)c1nc(N)nc(N2CCOCC2)n1. The molecule has 0 spiro atoms. The molecule has 1 aromatic heterocycles. The number of unbranched alkanes of at least 4 members (excludes halogenated alkanes) is 1. The number of morpholine rings is 1. The Hall–Kier alpha value is -1.63. The molecule has 112 valence electrons. The van der Waals surface area contributed by atoms with E-state index in [4.69, 9.17) is 10.5 Å². The van der Waals surface area contributed by atoms with E-state index in [1.807, 2.05) is 0 Å². The van der Waals surface area contributed by atoms with Crippen molar-refractivity contribution in [2.75, 3.05) is 54.9 Å². The lowest BCUT2D eigenvalue weighted by atomic mass is 10.3. The Bertz CT molecular complexity index is 421. The van der Waals surface area contributed by atoms with Crippen LogP contribution in [0, 0.1) is 0 Å². The third kappa shape index (κ3) is 3.69. The fraction of sp³-hybridized carbons (Fsp3) is 0.769. The Kier molecular flexibility index (Phi) is 5.34. The highest BCUT2D eigenvalue weighted by Gasteiger charge is 2.17. The minimum atomic E-state index is 0.284. The fourth-order valence-corrected chi connectivity index (χ4v) is 2.16. The summed E-state index contributed by atoms with van der Waals surface area (Å²) in [6, 6.07) is 0. The van der Waals surface area contributed by atoms with Crippen molar-refractivity contribution in [1.82, 2.24) is 15.0 Å². The molecule has 2 heterocycles. The zero-order chi connectivity index (χ0) is 14.4. The summed E-state index contributed by atoms with van der Waals surface area (Å²) in [5, 5.41) is 0. The standard InChI is InChI=1S/C13H24N6O/c1-3-5-6-18(4-2)12-15-11(14)16-13(17-12)19-7-9-20-10-8-19/h3-10H2,1-2H3,(H2,14,15,16,17). The van der Waals surface area contributed by atoms with Gasteiger partial charge in [-0.3, -0.25) is 0 Å². The van der Waals surface area contributed by atoms with Crippen LogP contribution in [0.2, 0.25) is 0 Å². The van der Waals surface area contributed by atoms with Crippen molar-refractivity contribution >= 4 is 17.8 Å². The molecule has 0 bridgehead atoms. The molecular formula is C13H24N6O. The lowest BCUT2D eigenvalue weighted by Crippen LogP contribution is -2.38. The van der Waals surface area contributed by atoms with Gasteiger partial charge in [-0.25, -0.2) is 0 Å². The zero-order valence-corrected chi connectivity index (χ0v) is 12.4. The summed E-state index contributed by atoms with van der Waals surface area (Å²) >= 11 is 0. The van der Waals surface area contributed by atoms with E-state index >= 15 is 0 Å². The monoisotopic (exact) mass is 280 g/mol. The first kappa shape index (κ1) is 14.8. The fourth-order valence-electron chi connectivity index (χ4n) is 2.16. The maximum absolute atomic E-state index is 5.84. The average molecular weight is 280 g/mol. The Morgan fingerprint density at radius 3 is 2.60 bits per heavy atom. The van der Waals surface area contributed by atoms with Gasteiger partial charge in [0, 0.05) is 26.2 Å². The smallest absolute Gasteiger partial charge is 0.232 e. The van der Waals surface area contributed by atoms with Crippen molar-refractivity contribution in [1.29, 1.82) is 0 Å². The van der Waals surface area contributed by atoms with Crippen LogP contribution in [0.15, 0.2) is 0 Å². The molecule has 1 aliphatic heterocycles. The Labute approximate surface area is 120 Å². The summed E-state index contributed by atoms with van der Waals surface area (Å²) in [5.74, 6) is 1.62. The van der Waals surface area contributed by atoms with Crippen LogP contribution in [-0.4, -0.2) is 54.3 Å². The minimum Gasteiger partial charge on any atom is -0.378 e. The van der Waals surface area contributed by atoms with Crippen molar-refractivity contribution in [3.63, 3.8) is 0 Å². The van der Waals surface area contributed by atoms with Crippen LogP contribution in [0.4, 0.5) is 17.8 Å². The van der Waals surface area contributed by atoms with Gasteiger partial charge in [0.1, 0.15) is 0 Å². The van der Waals surface area contributed by atoms with Gasteiger partial charge in [-0.2, -0.15) is 15.0 Å². The van der Waals surface area contributed by atoms with Gasteiger partial charge in [-0.05, 0) is 13.3 Å². The van der Waals surface area contributed by atoms with Gasteiger partial charge >= 0.3 is 0 Å². The molecule has 0 radical (unpaired) electrons. The summed E-state index contributed by atoms with van der Waals surface area (Å²) in [7, 11) is 0. The van der Waals surface area contributed by atoms with E-state index in [1.165, 1.54) is 0 Å². The number of aromatic nitrogens is 3. The van der Waals surface area contributed by atoms with Gasteiger partial charge in [0.15, 0.2) is 0 Å². The molecule has 0 unspecified atom stereocenters. The minimum absolute atomic E-state index is 0.284. The maximum Gasteiger partial charge on any atom is 0.232 e. The van der Waals surface area contributed by atoms with Crippen LogP contribution in [-0.2, 0) is 4.74 Å². The number of rotatable bonds is 6.